The number of nitrogens with one attached hydrogen (secondary N) is 2. The maximum Gasteiger partial charge on any atom is 0.182 e. The first-order valence-corrected chi connectivity index (χ1v) is 5.09. The Morgan fingerprint density at radius 2 is 2.41 bits per heavy atom. The Hall–Kier alpha value is -2.55. The maximum atomic E-state index is 8.52. The SMILES string of the molecule is CN(Cc1cc[nH]c1)c1cc(NC#N)ncn1. The highest BCUT2D eigenvalue weighted by molar-refractivity contribution is 5.49. The Balaban J connectivity index is 2.11. The number of H-pyrrole nitrogens is 1. The number of anilines is 2. The van der Waals surface area contributed by atoms with Crippen molar-refractivity contribution in [3.8, 4) is 6.19 Å². The summed E-state index contributed by atoms with van der Waals surface area (Å²) in [6, 6.07) is 3.74. The molecular formula is C11H12N6. The predicted molar refractivity (Wildman–Crippen MR) is 64.2 cm³/mol. The molecule has 0 unspecified atom stereocenters. The maximum absolute atomic E-state index is 8.52. The molecule has 0 aromatic carbocycles. The molecule has 6 nitrogen and oxygen atoms in total. The van der Waals surface area contributed by atoms with Gasteiger partial charge in [-0.15, -0.1) is 0 Å². The Morgan fingerprint density at radius 1 is 1.53 bits per heavy atom. The molecule has 0 saturated carbocycles. The van der Waals surface area contributed by atoms with Gasteiger partial charge in [-0.05, 0) is 11.6 Å². The van der Waals surface area contributed by atoms with Crippen LogP contribution >= 0.6 is 0 Å². The third kappa shape index (κ3) is 2.72. The number of hydrogen-bond acceptors (Lipinski definition) is 5. The van der Waals surface area contributed by atoms with E-state index in [2.05, 4.69) is 20.3 Å². The van der Waals surface area contributed by atoms with Crippen LogP contribution in [0.3, 0.4) is 0 Å². The minimum Gasteiger partial charge on any atom is -0.367 e. The molecule has 0 radical (unpaired) electrons. The van der Waals surface area contributed by atoms with Crippen LogP contribution in [0.5, 0.6) is 0 Å². The minimum atomic E-state index is 0.499. The molecule has 0 aliphatic carbocycles. The highest BCUT2D eigenvalue weighted by Crippen LogP contribution is 2.14. The predicted octanol–water partition coefficient (Wildman–Crippen LogP) is 1.33. The molecule has 0 aliphatic heterocycles. The van der Waals surface area contributed by atoms with E-state index in [0.29, 0.717) is 5.82 Å². The van der Waals surface area contributed by atoms with Gasteiger partial charge in [-0.1, -0.05) is 0 Å². The average molecular weight is 228 g/mol. The Bertz CT molecular complexity index is 513. The minimum absolute atomic E-state index is 0.499. The summed E-state index contributed by atoms with van der Waals surface area (Å²) in [5.74, 6) is 1.26. The lowest BCUT2D eigenvalue weighted by atomic mass is 10.3. The lowest BCUT2D eigenvalue weighted by molar-refractivity contribution is 0.893. The van der Waals surface area contributed by atoms with Crippen molar-refractivity contribution < 1.29 is 0 Å². The van der Waals surface area contributed by atoms with Gasteiger partial charge in [-0.25, -0.2) is 9.97 Å². The van der Waals surface area contributed by atoms with Gasteiger partial charge in [0.2, 0.25) is 0 Å². The average Bonchev–Trinajstić information content (AvgIpc) is 2.83. The molecule has 0 spiro atoms. The molecule has 2 heterocycles. The van der Waals surface area contributed by atoms with Crippen molar-refractivity contribution >= 4 is 11.6 Å². The lowest BCUT2D eigenvalue weighted by Crippen LogP contribution is -2.17. The van der Waals surface area contributed by atoms with Crippen molar-refractivity contribution in [2.75, 3.05) is 17.3 Å². The van der Waals surface area contributed by atoms with Gasteiger partial charge in [0.05, 0.1) is 0 Å². The van der Waals surface area contributed by atoms with Gasteiger partial charge in [0.25, 0.3) is 0 Å². The normalized spacial score (nSPS) is 9.65. The van der Waals surface area contributed by atoms with Gasteiger partial charge in [-0.2, -0.15) is 5.26 Å². The fraction of sp³-hybridized carbons (Fsp3) is 0.182. The van der Waals surface area contributed by atoms with E-state index in [1.54, 1.807) is 6.07 Å². The molecule has 2 aromatic heterocycles. The highest BCUT2D eigenvalue weighted by atomic mass is 15.2. The molecule has 6 heteroatoms. The summed E-state index contributed by atoms with van der Waals surface area (Å²) in [6.07, 6.45) is 7.08. The van der Waals surface area contributed by atoms with Gasteiger partial charge in [0.15, 0.2) is 6.19 Å². The largest absolute Gasteiger partial charge is 0.367 e. The fourth-order valence-corrected chi connectivity index (χ4v) is 1.49. The molecular weight excluding hydrogens is 216 g/mol. The monoisotopic (exact) mass is 228 g/mol. The van der Waals surface area contributed by atoms with Crippen LogP contribution in [0.25, 0.3) is 0 Å². The third-order valence-corrected chi connectivity index (χ3v) is 2.31. The zero-order valence-corrected chi connectivity index (χ0v) is 9.38. The second-order valence-corrected chi connectivity index (χ2v) is 3.57. The topological polar surface area (TPSA) is 80.6 Å². The molecule has 86 valence electrons. The van der Waals surface area contributed by atoms with Crippen molar-refractivity contribution in [1.29, 1.82) is 5.26 Å². The molecule has 2 aromatic rings. The van der Waals surface area contributed by atoms with E-state index in [0.717, 1.165) is 12.4 Å². The second-order valence-electron chi connectivity index (χ2n) is 3.57. The summed E-state index contributed by atoms with van der Waals surface area (Å²) in [5.41, 5.74) is 1.17. The fourth-order valence-electron chi connectivity index (χ4n) is 1.49. The number of nitriles is 1. The summed E-state index contributed by atoms with van der Waals surface area (Å²) in [5, 5.41) is 11.0. The third-order valence-electron chi connectivity index (χ3n) is 2.31. The Kier molecular flexibility index (Phi) is 3.21. The van der Waals surface area contributed by atoms with Crippen LogP contribution in [-0.2, 0) is 6.54 Å². The van der Waals surface area contributed by atoms with Crippen LogP contribution in [0.1, 0.15) is 5.56 Å². The molecule has 0 bridgehead atoms. The van der Waals surface area contributed by atoms with E-state index >= 15 is 0 Å². The van der Waals surface area contributed by atoms with E-state index in [-0.39, 0.29) is 0 Å². The quantitative estimate of drug-likeness (QED) is 0.609. The Labute approximate surface area is 98.9 Å². The summed E-state index contributed by atoms with van der Waals surface area (Å²) in [4.78, 5) is 13.1. The van der Waals surface area contributed by atoms with E-state index < -0.39 is 0 Å². The summed E-state index contributed by atoms with van der Waals surface area (Å²) in [7, 11) is 1.94. The first-order chi connectivity index (χ1) is 8.29. The van der Waals surface area contributed by atoms with Gasteiger partial charge >= 0.3 is 0 Å². The van der Waals surface area contributed by atoms with Crippen molar-refractivity contribution in [2.24, 2.45) is 0 Å². The van der Waals surface area contributed by atoms with Crippen LogP contribution in [0, 0.1) is 11.5 Å². The smallest absolute Gasteiger partial charge is 0.182 e. The lowest BCUT2D eigenvalue weighted by Gasteiger charge is -2.17. The number of nitrogens with zero attached hydrogens (tertiary/aromatic N) is 4. The van der Waals surface area contributed by atoms with Crippen LogP contribution in [0.2, 0.25) is 0 Å². The summed E-state index contributed by atoms with van der Waals surface area (Å²) < 4.78 is 0. The van der Waals surface area contributed by atoms with E-state index in [9.17, 15) is 0 Å². The number of aromatic amines is 1. The molecule has 0 amide bonds. The van der Waals surface area contributed by atoms with E-state index in [1.165, 1.54) is 11.9 Å². The number of rotatable bonds is 4. The molecule has 0 saturated heterocycles. The van der Waals surface area contributed by atoms with Gasteiger partial charge in [0.1, 0.15) is 18.0 Å². The van der Waals surface area contributed by atoms with Crippen molar-refractivity contribution in [1.82, 2.24) is 15.0 Å². The summed E-state index contributed by atoms with van der Waals surface area (Å²) in [6.45, 7) is 0.743. The van der Waals surface area contributed by atoms with Crippen molar-refractivity contribution in [2.45, 2.75) is 6.54 Å². The van der Waals surface area contributed by atoms with Crippen LogP contribution < -0.4 is 10.2 Å². The number of aromatic nitrogens is 3. The molecule has 0 aliphatic rings. The van der Waals surface area contributed by atoms with Gasteiger partial charge < -0.3 is 9.88 Å². The summed E-state index contributed by atoms with van der Waals surface area (Å²) >= 11 is 0. The molecule has 17 heavy (non-hydrogen) atoms. The standard InChI is InChI=1S/C11H12N6/c1-17(6-9-2-3-13-5-9)11-4-10(14-7-12)15-8-16-11/h2-5,8,13H,6H2,1H3,(H,14,15,16). The number of hydrogen-bond donors (Lipinski definition) is 2. The Morgan fingerprint density at radius 3 is 3.12 bits per heavy atom. The highest BCUT2D eigenvalue weighted by Gasteiger charge is 2.05. The second kappa shape index (κ2) is 4.99. The first kappa shape index (κ1) is 11.0. The van der Waals surface area contributed by atoms with Crippen molar-refractivity contribution in [3.05, 3.63) is 36.4 Å². The van der Waals surface area contributed by atoms with Crippen LogP contribution in [0.4, 0.5) is 11.6 Å². The van der Waals surface area contributed by atoms with Crippen LogP contribution in [0.15, 0.2) is 30.9 Å². The molecule has 2 rings (SSSR count). The zero-order valence-electron chi connectivity index (χ0n) is 9.38. The zero-order chi connectivity index (χ0) is 12.1. The molecule has 0 atom stereocenters. The van der Waals surface area contributed by atoms with Gasteiger partial charge in [0, 0.05) is 32.1 Å². The molecule has 0 fully saturated rings. The van der Waals surface area contributed by atoms with E-state index in [1.807, 2.05) is 36.6 Å². The first-order valence-electron chi connectivity index (χ1n) is 5.09. The van der Waals surface area contributed by atoms with Crippen molar-refractivity contribution in [3.63, 3.8) is 0 Å². The van der Waals surface area contributed by atoms with Crippen LogP contribution in [-0.4, -0.2) is 22.0 Å². The van der Waals surface area contributed by atoms with Gasteiger partial charge in [-0.3, -0.25) is 5.32 Å². The van der Waals surface area contributed by atoms with E-state index in [4.69, 9.17) is 5.26 Å². The molecule has 2 N–H and O–H groups in total.